The SMILES string of the molecule is CNC(Cc1ccc(OC)c(Br)c1)c1ccncc1. The minimum atomic E-state index is 0.281. The van der Waals surface area contributed by atoms with Crippen LogP contribution in [0, 0.1) is 0 Å². The van der Waals surface area contributed by atoms with Crippen LogP contribution in [0.3, 0.4) is 0 Å². The van der Waals surface area contributed by atoms with Gasteiger partial charge in [-0.2, -0.15) is 0 Å². The van der Waals surface area contributed by atoms with Gasteiger partial charge in [0, 0.05) is 18.4 Å². The summed E-state index contributed by atoms with van der Waals surface area (Å²) >= 11 is 3.52. The molecule has 0 aliphatic heterocycles. The van der Waals surface area contributed by atoms with Crippen LogP contribution in [0.1, 0.15) is 17.2 Å². The second-order valence-electron chi connectivity index (χ2n) is 4.29. The number of aromatic nitrogens is 1. The molecule has 19 heavy (non-hydrogen) atoms. The average Bonchev–Trinajstić information content (AvgIpc) is 2.46. The van der Waals surface area contributed by atoms with Crippen molar-refractivity contribution in [3.63, 3.8) is 0 Å². The van der Waals surface area contributed by atoms with E-state index in [1.807, 2.05) is 37.6 Å². The van der Waals surface area contributed by atoms with E-state index in [9.17, 15) is 0 Å². The molecule has 2 aromatic rings. The van der Waals surface area contributed by atoms with Gasteiger partial charge in [-0.15, -0.1) is 0 Å². The number of benzene rings is 1. The highest BCUT2D eigenvalue weighted by Crippen LogP contribution is 2.27. The Morgan fingerprint density at radius 2 is 2.00 bits per heavy atom. The predicted molar refractivity (Wildman–Crippen MR) is 80.4 cm³/mol. The summed E-state index contributed by atoms with van der Waals surface area (Å²) in [5, 5.41) is 3.34. The number of halogens is 1. The third-order valence-electron chi connectivity index (χ3n) is 3.11. The summed E-state index contributed by atoms with van der Waals surface area (Å²) in [4.78, 5) is 4.05. The highest BCUT2D eigenvalue weighted by molar-refractivity contribution is 9.10. The lowest BCUT2D eigenvalue weighted by Crippen LogP contribution is -2.18. The number of hydrogen-bond donors (Lipinski definition) is 1. The van der Waals surface area contributed by atoms with E-state index in [-0.39, 0.29) is 6.04 Å². The minimum absolute atomic E-state index is 0.281. The second-order valence-corrected chi connectivity index (χ2v) is 5.15. The van der Waals surface area contributed by atoms with Crippen molar-refractivity contribution >= 4 is 15.9 Å². The number of nitrogens with one attached hydrogen (secondary N) is 1. The summed E-state index contributed by atoms with van der Waals surface area (Å²) in [6.07, 6.45) is 4.57. The zero-order chi connectivity index (χ0) is 13.7. The molecule has 0 saturated carbocycles. The highest BCUT2D eigenvalue weighted by Gasteiger charge is 2.11. The molecular formula is C15H17BrN2O. The number of rotatable bonds is 5. The fraction of sp³-hybridized carbons (Fsp3) is 0.267. The Bertz CT molecular complexity index is 531. The van der Waals surface area contributed by atoms with E-state index < -0.39 is 0 Å². The van der Waals surface area contributed by atoms with Crippen molar-refractivity contribution in [2.75, 3.05) is 14.2 Å². The van der Waals surface area contributed by atoms with Gasteiger partial charge in [-0.05, 0) is 64.8 Å². The number of ether oxygens (including phenoxy) is 1. The molecule has 0 spiro atoms. The van der Waals surface area contributed by atoms with Crippen molar-refractivity contribution < 1.29 is 4.74 Å². The second kappa shape index (κ2) is 6.68. The topological polar surface area (TPSA) is 34.1 Å². The van der Waals surface area contributed by atoms with Crippen molar-refractivity contribution in [1.29, 1.82) is 0 Å². The van der Waals surface area contributed by atoms with Crippen molar-refractivity contribution in [1.82, 2.24) is 10.3 Å². The molecule has 1 aromatic carbocycles. The van der Waals surface area contributed by atoms with Crippen molar-refractivity contribution in [2.45, 2.75) is 12.5 Å². The predicted octanol–water partition coefficient (Wildman–Crippen LogP) is 3.36. The number of methoxy groups -OCH3 is 1. The lowest BCUT2D eigenvalue weighted by Gasteiger charge is -2.17. The van der Waals surface area contributed by atoms with Gasteiger partial charge in [0.1, 0.15) is 5.75 Å². The first-order valence-electron chi connectivity index (χ1n) is 6.14. The maximum Gasteiger partial charge on any atom is 0.133 e. The van der Waals surface area contributed by atoms with E-state index in [1.165, 1.54) is 11.1 Å². The van der Waals surface area contributed by atoms with E-state index in [1.54, 1.807) is 7.11 Å². The zero-order valence-electron chi connectivity index (χ0n) is 11.1. The van der Waals surface area contributed by atoms with Gasteiger partial charge in [0.05, 0.1) is 11.6 Å². The first-order chi connectivity index (χ1) is 9.24. The average molecular weight is 321 g/mol. The van der Waals surface area contributed by atoms with Crippen molar-refractivity contribution in [3.05, 3.63) is 58.3 Å². The molecule has 0 amide bonds. The Hall–Kier alpha value is -1.39. The summed E-state index contributed by atoms with van der Waals surface area (Å²) < 4.78 is 6.23. The summed E-state index contributed by atoms with van der Waals surface area (Å²) in [6.45, 7) is 0. The van der Waals surface area contributed by atoms with Gasteiger partial charge < -0.3 is 10.1 Å². The van der Waals surface area contributed by atoms with Crippen molar-refractivity contribution in [3.8, 4) is 5.75 Å². The van der Waals surface area contributed by atoms with Crippen molar-refractivity contribution in [2.24, 2.45) is 0 Å². The summed E-state index contributed by atoms with van der Waals surface area (Å²) in [6, 6.07) is 10.5. The van der Waals surface area contributed by atoms with Crippen LogP contribution in [0.4, 0.5) is 0 Å². The van der Waals surface area contributed by atoms with Gasteiger partial charge in [-0.3, -0.25) is 4.98 Å². The molecule has 100 valence electrons. The van der Waals surface area contributed by atoms with Gasteiger partial charge in [0.2, 0.25) is 0 Å². The maximum atomic E-state index is 5.25. The van der Waals surface area contributed by atoms with E-state index in [4.69, 9.17) is 4.74 Å². The normalized spacial score (nSPS) is 12.2. The van der Waals surface area contributed by atoms with Gasteiger partial charge in [0.15, 0.2) is 0 Å². The van der Waals surface area contributed by atoms with Crippen LogP contribution in [0.25, 0.3) is 0 Å². The summed E-state index contributed by atoms with van der Waals surface area (Å²) in [5.41, 5.74) is 2.49. The van der Waals surface area contributed by atoms with Crippen LogP contribution in [-0.2, 0) is 6.42 Å². The molecule has 1 aromatic heterocycles. The number of nitrogens with zero attached hydrogens (tertiary/aromatic N) is 1. The number of hydrogen-bond acceptors (Lipinski definition) is 3. The lowest BCUT2D eigenvalue weighted by atomic mass is 10.00. The summed E-state index contributed by atoms with van der Waals surface area (Å²) in [5.74, 6) is 0.855. The molecule has 2 rings (SSSR count). The Balaban J connectivity index is 2.17. The van der Waals surface area contributed by atoms with Crippen LogP contribution in [0.2, 0.25) is 0 Å². The lowest BCUT2D eigenvalue weighted by molar-refractivity contribution is 0.412. The molecule has 0 fully saturated rings. The first kappa shape index (κ1) is 14.0. The zero-order valence-corrected chi connectivity index (χ0v) is 12.6. The molecule has 0 saturated heterocycles. The molecule has 0 aliphatic rings. The van der Waals surface area contributed by atoms with E-state index in [0.717, 1.165) is 16.6 Å². The van der Waals surface area contributed by atoms with Crippen LogP contribution >= 0.6 is 15.9 Å². The smallest absolute Gasteiger partial charge is 0.133 e. The molecule has 1 unspecified atom stereocenters. The molecule has 3 nitrogen and oxygen atoms in total. The standard InChI is InChI=1S/C15H17BrN2O/c1-17-14(12-5-7-18-8-6-12)10-11-3-4-15(19-2)13(16)9-11/h3-9,14,17H,10H2,1-2H3. The van der Waals surface area contributed by atoms with E-state index in [2.05, 4.69) is 38.4 Å². The largest absolute Gasteiger partial charge is 0.496 e. The van der Waals surface area contributed by atoms with Crippen LogP contribution in [0.15, 0.2) is 47.2 Å². The molecule has 0 aliphatic carbocycles. The Morgan fingerprint density at radius 3 is 2.58 bits per heavy atom. The molecule has 1 heterocycles. The van der Waals surface area contributed by atoms with E-state index >= 15 is 0 Å². The Labute approximate surface area is 122 Å². The minimum Gasteiger partial charge on any atom is -0.496 e. The van der Waals surface area contributed by atoms with Gasteiger partial charge in [-0.1, -0.05) is 6.07 Å². The molecule has 0 radical (unpaired) electrons. The molecule has 1 N–H and O–H groups in total. The molecule has 0 bridgehead atoms. The quantitative estimate of drug-likeness (QED) is 0.917. The highest BCUT2D eigenvalue weighted by atomic mass is 79.9. The maximum absolute atomic E-state index is 5.25. The molecular weight excluding hydrogens is 304 g/mol. The third kappa shape index (κ3) is 3.55. The van der Waals surface area contributed by atoms with Crippen LogP contribution in [0.5, 0.6) is 5.75 Å². The fourth-order valence-electron chi connectivity index (χ4n) is 2.05. The monoisotopic (exact) mass is 320 g/mol. The van der Waals surface area contributed by atoms with Crippen LogP contribution < -0.4 is 10.1 Å². The Kier molecular flexibility index (Phi) is 4.93. The van der Waals surface area contributed by atoms with Gasteiger partial charge in [-0.25, -0.2) is 0 Å². The van der Waals surface area contributed by atoms with Gasteiger partial charge >= 0.3 is 0 Å². The van der Waals surface area contributed by atoms with Gasteiger partial charge in [0.25, 0.3) is 0 Å². The van der Waals surface area contributed by atoms with E-state index in [0.29, 0.717) is 0 Å². The number of likely N-dealkylation sites (N-methyl/N-ethyl adjacent to an activating group) is 1. The first-order valence-corrected chi connectivity index (χ1v) is 6.93. The van der Waals surface area contributed by atoms with Crippen LogP contribution in [-0.4, -0.2) is 19.1 Å². The Morgan fingerprint density at radius 1 is 1.26 bits per heavy atom. The fourth-order valence-corrected chi connectivity index (χ4v) is 2.64. The number of pyridine rings is 1. The third-order valence-corrected chi connectivity index (χ3v) is 3.73. The molecule has 4 heteroatoms. The molecule has 1 atom stereocenters. The summed E-state index contributed by atoms with van der Waals surface area (Å²) in [7, 11) is 3.65.